The average molecular weight is 497 g/mol. The third-order valence-corrected chi connectivity index (χ3v) is 4.96. The molecular weight excluding hydrogens is 464 g/mol. The highest BCUT2D eigenvalue weighted by atomic mass is 16.4. The van der Waals surface area contributed by atoms with Crippen molar-refractivity contribution in [3.8, 4) is 0 Å². The van der Waals surface area contributed by atoms with Crippen molar-refractivity contribution in [2.24, 2.45) is 11.5 Å². The molecule has 0 aliphatic carbocycles. The number of amides is 2. The minimum Gasteiger partial charge on any atom is -0.480 e. The van der Waals surface area contributed by atoms with Gasteiger partial charge in [0.2, 0.25) is 11.8 Å². The minimum absolute atomic E-state index is 0.00581. The molecule has 194 valence electrons. The summed E-state index contributed by atoms with van der Waals surface area (Å²) >= 11 is 0. The van der Waals surface area contributed by atoms with Gasteiger partial charge in [-0.3, -0.25) is 38.7 Å². The fourth-order valence-corrected chi connectivity index (χ4v) is 3.56. The number of rotatable bonds is 18. The van der Waals surface area contributed by atoms with Crippen molar-refractivity contribution in [3.05, 3.63) is 29.8 Å². The first-order chi connectivity index (χ1) is 16.3. The van der Waals surface area contributed by atoms with Crippen LogP contribution in [0.25, 0.3) is 0 Å². The van der Waals surface area contributed by atoms with Gasteiger partial charge < -0.3 is 32.5 Å². The fraction of sp³-hybridized carbons (Fsp3) is 0.476. The lowest BCUT2D eigenvalue weighted by molar-refractivity contribution is -0.141. The van der Waals surface area contributed by atoms with Crippen LogP contribution in [0.4, 0.5) is 5.69 Å². The molecule has 1 atom stereocenters. The molecule has 2 amide bonds. The normalized spacial score (nSPS) is 12.1. The van der Waals surface area contributed by atoms with Gasteiger partial charge in [0, 0.05) is 31.4 Å². The van der Waals surface area contributed by atoms with E-state index in [9.17, 15) is 34.2 Å². The number of carbonyl (C=O) groups is 5. The first-order valence-corrected chi connectivity index (χ1v) is 10.6. The molecule has 0 aromatic heterocycles. The zero-order valence-corrected chi connectivity index (χ0v) is 19.2. The van der Waals surface area contributed by atoms with Crippen LogP contribution in [0.15, 0.2) is 24.3 Å². The van der Waals surface area contributed by atoms with Crippen LogP contribution in [0, 0.1) is 0 Å². The van der Waals surface area contributed by atoms with Crippen molar-refractivity contribution in [2.45, 2.75) is 12.5 Å². The molecule has 35 heavy (non-hydrogen) atoms. The first kappa shape index (κ1) is 29.3. The number of primary amides is 2. The van der Waals surface area contributed by atoms with Gasteiger partial charge in [-0.15, -0.1) is 0 Å². The number of benzene rings is 1. The smallest absolute Gasteiger partial charge is 0.317 e. The second-order valence-corrected chi connectivity index (χ2v) is 8.06. The molecule has 1 aromatic rings. The van der Waals surface area contributed by atoms with Crippen LogP contribution < -0.4 is 17.2 Å². The summed E-state index contributed by atoms with van der Waals surface area (Å²) in [5.41, 5.74) is 17.5. The maximum absolute atomic E-state index is 11.6. The summed E-state index contributed by atoms with van der Waals surface area (Å²) in [6, 6.07) is 6.13. The van der Waals surface area contributed by atoms with E-state index in [1.54, 1.807) is 24.3 Å². The van der Waals surface area contributed by atoms with E-state index in [1.165, 1.54) is 14.7 Å². The Morgan fingerprint density at radius 1 is 0.714 bits per heavy atom. The van der Waals surface area contributed by atoms with E-state index in [-0.39, 0.29) is 39.1 Å². The van der Waals surface area contributed by atoms with Crippen molar-refractivity contribution >= 4 is 35.4 Å². The Morgan fingerprint density at radius 2 is 1.20 bits per heavy atom. The van der Waals surface area contributed by atoms with Gasteiger partial charge in [0.25, 0.3) is 0 Å². The van der Waals surface area contributed by atoms with Gasteiger partial charge in [0.1, 0.15) is 0 Å². The number of carboxylic acids is 3. The van der Waals surface area contributed by atoms with Gasteiger partial charge in [-0.25, -0.2) is 0 Å². The Balaban J connectivity index is 3.17. The van der Waals surface area contributed by atoms with Crippen molar-refractivity contribution in [3.63, 3.8) is 0 Å². The van der Waals surface area contributed by atoms with Crippen LogP contribution >= 0.6 is 0 Å². The standard InChI is InChI=1S/C21H32N6O8/c22-15-3-1-14(2-4-15)7-16(27(10-18(24)29)13-21(34)35)8-25(11-19(30)31)5-6-26(9-17(23)28)12-20(32)33/h1-4,16H,5-13,22H2,(H2,23,28)(H2,24,29)(H,30,31)(H,32,33)(H,34,35). The zero-order valence-electron chi connectivity index (χ0n) is 19.2. The van der Waals surface area contributed by atoms with Gasteiger partial charge >= 0.3 is 17.9 Å². The number of carbonyl (C=O) groups excluding carboxylic acids is 2. The summed E-state index contributed by atoms with van der Waals surface area (Å²) in [5.74, 6) is -5.06. The Hall–Kier alpha value is -3.75. The Bertz CT molecular complexity index is 862. The van der Waals surface area contributed by atoms with Gasteiger partial charge in [0.15, 0.2) is 0 Å². The maximum Gasteiger partial charge on any atom is 0.317 e. The predicted molar refractivity (Wildman–Crippen MR) is 124 cm³/mol. The molecule has 1 rings (SSSR count). The van der Waals surface area contributed by atoms with E-state index >= 15 is 0 Å². The summed E-state index contributed by atoms with van der Waals surface area (Å²) in [5, 5.41) is 27.8. The van der Waals surface area contributed by atoms with Crippen molar-refractivity contribution in [1.82, 2.24) is 14.7 Å². The SMILES string of the molecule is NC(=O)CN(CCN(CC(=O)O)CC(Cc1ccc(N)cc1)N(CC(N)=O)CC(=O)O)CC(=O)O. The second-order valence-electron chi connectivity index (χ2n) is 8.06. The highest BCUT2D eigenvalue weighted by Crippen LogP contribution is 2.14. The number of nitrogens with two attached hydrogens (primary N) is 3. The topological polar surface area (TPSA) is 234 Å². The lowest BCUT2D eigenvalue weighted by Crippen LogP contribution is -2.52. The summed E-state index contributed by atoms with van der Waals surface area (Å²) < 4.78 is 0. The molecule has 14 heteroatoms. The highest BCUT2D eigenvalue weighted by molar-refractivity contribution is 5.77. The first-order valence-electron chi connectivity index (χ1n) is 10.6. The summed E-state index contributed by atoms with van der Waals surface area (Å²) in [6.07, 6.45) is 0.247. The van der Waals surface area contributed by atoms with Gasteiger partial charge in [-0.2, -0.15) is 0 Å². The number of hydrogen-bond acceptors (Lipinski definition) is 9. The molecule has 0 heterocycles. The Morgan fingerprint density at radius 3 is 1.69 bits per heavy atom. The summed E-state index contributed by atoms with van der Waals surface area (Å²) in [4.78, 5) is 61.0. The molecule has 1 unspecified atom stereocenters. The summed E-state index contributed by atoms with van der Waals surface area (Å²) in [6.45, 7) is -2.12. The number of nitrogen functional groups attached to an aromatic ring is 1. The van der Waals surface area contributed by atoms with Crippen LogP contribution in [0.1, 0.15) is 5.56 Å². The molecule has 14 nitrogen and oxygen atoms in total. The molecule has 0 spiro atoms. The van der Waals surface area contributed by atoms with E-state index in [4.69, 9.17) is 22.3 Å². The Kier molecular flexibility index (Phi) is 12.1. The third-order valence-electron chi connectivity index (χ3n) is 4.96. The van der Waals surface area contributed by atoms with Gasteiger partial charge in [0.05, 0.1) is 32.7 Å². The minimum atomic E-state index is -1.20. The van der Waals surface area contributed by atoms with Crippen LogP contribution in [0.2, 0.25) is 0 Å². The van der Waals surface area contributed by atoms with Crippen LogP contribution in [0.3, 0.4) is 0 Å². The van der Waals surface area contributed by atoms with E-state index < -0.39 is 55.4 Å². The van der Waals surface area contributed by atoms with Gasteiger partial charge in [-0.1, -0.05) is 12.1 Å². The number of hydrogen-bond donors (Lipinski definition) is 6. The lowest BCUT2D eigenvalue weighted by Gasteiger charge is -2.34. The lowest BCUT2D eigenvalue weighted by atomic mass is 10.0. The Labute approximate surface area is 201 Å². The molecular formula is C21H32N6O8. The molecule has 0 bridgehead atoms. The van der Waals surface area contributed by atoms with Gasteiger partial charge in [-0.05, 0) is 24.1 Å². The number of carboxylic acid groups (broad SMARTS) is 3. The van der Waals surface area contributed by atoms with E-state index in [0.717, 1.165) is 5.56 Å². The number of anilines is 1. The van der Waals surface area contributed by atoms with E-state index in [0.29, 0.717) is 5.69 Å². The van der Waals surface area contributed by atoms with Crippen LogP contribution in [-0.4, -0.2) is 118 Å². The number of nitrogens with zero attached hydrogens (tertiary/aromatic N) is 3. The van der Waals surface area contributed by atoms with E-state index in [2.05, 4.69) is 0 Å². The quantitative estimate of drug-likeness (QED) is 0.114. The highest BCUT2D eigenvalue weighted by Gasteiger charge is 2.26. The van der Waals surface area contributed by atoms with Crippen LogP contribution in [0.5, 0.6) is 0 Å². The largest absolute Gasteiger partial charge is 0.480 e. The molecule has 0 radical (unpaired) electrons. The van der Waals surface area contributed by atoms with Crippen molar-refractivity contribution < 1.29 is 39.3 Å². The molecule has 0 aliphatic heterocycles. The number of aliphatic carboxylic acids is 3. The summed E-state index contributed by atoms with van der Waals surface area (Å²) in [7, 11) is 0. The molecule has 0 saturated carbocycles. The molecule has 0 saturated heterocycles. The third kappa shape index (κ3) is 12.9. The van der Waals surface area contributed by atoms with E-state index in [1.807, 2.05) is 0 Å². The molecule has 0 fully saturated rings. The second kappa shape index (κ2) is 14.5. The van der Waals surface area contributed by atoms with Crippen molar-refractivity contribution in [2.75, 3.05) is 58.1 Å². The fourth-order valence-electron chi connectivity index (χ4n) is 3.56. The zero-order chi connectivity index (χ0) is 26.5. The van der Waals surface area contributed by atoms with Crippen LogP contribution in [-0.2, 0) is 30.4 Å². The molecule has 9 N–H and O–H groups in total. The molecule has 0 aliphatic rings. The molecule has 1 aromatic carbocycles. The average Bonchev–Trinajstić information content (AvgIpc) is 2.70. The predicted octanol–water partition coefficient (Wildman–Crippen LogP) is -2.69. The maximum atomic E-state index is 11.6. The van der Waals surface area contributed by atoms with Crippen molar-refractivity contribution in [1.29, 1.82) is 0 Å². The monoisotopic (exact) mass is 496 g/mol.